The Morgan fingerprint density at radius 3 is 2.50 bits per heavy atom. The molecule has 1 aliphatic heterocycles. The molecule has 2 aromatic rings. The Bertz CT molecular complexity index is 636. The molecule has 3 heterocycles. The van der Waals surface area contributed by atoms with Crippen molar-refractivity contribution in [1.29, 1.82) is 0 Å². The van der Waals surface area contributed by atoms with Gasteiger partial charge in [0.1, 0.15) is 12.1 Å². The highest BCUT2D eigenvalue weighted by Crippen LogP contribution is 2.30. The maximum absolute atomic E-state index is 4.75. The van der Waals surface area contributed by atoms with Gasteiger partial charge in [-0.25, -0.2) is 15.0 Å². The molecular formula is C18H26N6. The standard InChI is InChI=1S/C18H26N6/c1-13(2)16-11-17(22-18(21-16)23(3)4)24-9-6-14(7-10-24)15-5-8-19-12-20-15/h5,8,11-14H,6-7,9-10H2,1-4H3. The topological polar surface area (TPSA) is 58.0 Å². The van der Waals surface area contributed by atoms with E-state index in [9.17, 15) is 0 Å². The second-order valence-electron chi connectivity index (χ2n) is 6.90. The van der Waals surface area contributed by atoms with Crippen molar-refractivity contribution in [3.8, 4) is 0 Å². The van der Waals surface area contributed by atoms with E-state index in [2.05, 4.69) is 39.8 Å². The fourth-order valence-corrected chi connectivity index (χ4v) is 3.04. The van der Waals surface area contributed by atoms with Crippen molar-refractivity contribution in [2.75, 3.05) is 37.0 Å². The van der Waals surface area contributed by atoms with Gasteiger partial charge >= 0.3 is 0 Å². The van der Waals surface area contributed by atoms with Gasteiger partial charge in [0.2, 0.25) is 5.95 Å². The fourth-order valence-electron chi connectivity index (χ4n) is 3.04. The van der Waals surface area contributed by atoms with Crippen LogP contribution in [0.25, 0.3) is 0 Å². The summed E-state index contributed by atoms with van der Waals surface area (Å²) in [6, 6.07) is 4.18. The van der Waals surface area contributed by atoms with E-state index in [4.69, 9.17) is 4.98 Å². The Morgan fingerprint density at radius 1 is 1.17 bits per heavy atom. The Morgan fingerprint density at radius 2 is 1.92 bits per heavy atom. The largest absolute Gasteiger partial charge is 0.356 e. The fraction of sp³-hybridized carbons (Fsp3) is 0.556. The molecule has 0 aromatic carbocycles. The van der Waals surface area contributed by atoms with Gasteiger partial charge in [-0.05, 0) is 24.8 Å². The van der Waals surface area contributed by atoms with Crippen LogP contribution in [0.3, 0.4) is 0 Å². The van der Waals surface area contributed by atoms with Crippen molar-refractivity contribution in [3.05, 3.63) is 36.0 Å². The molecule has 0 unspecified atom stereocenters. The number of hydrogen-bond acceptors (Lipinski definition) is 6. The highest BCUT2D eigenvalue weighted by Gasteiger charge is 2.23. The van der Waals surface area contributed by atoms with Gasteiger partial charge in [0.25, 0.3) is 0 Å². The smallest absolute Gasteiger partial charge is 0.227 e. The summed E-state index contributed by atoms with van der Waals surface area (Å²) in [7, 11) is 3.98. The van der Waals surface area contributed by atoms with Crippen LogP contribution in [0.1, 0.15) is 49.9 Å². The lowest BCUT2D eigenvalue weighted by molar-refractivity contribution is 0.492. The van der Waals surface area contributed by atoms with Gasteiger partial charge in [-0.1, -0.05) is 13.8 Å². The summed E-state index contributed by atoms with van der Waals surface area (Å²) < 4.78 is 0. The number of piperidine rings is 1. The summed E-state index contributed by atoms with van der Waals surface area (Å²) in [4.78, 5) is 22.2. The zero-order valence-electron chi connectivity index (χ0n) is 15.0. The first-order chi connectivity index (χ1) is 11.5. The van der Waals surface area contributed by atoms with Crippen LogP contribution in [0.15, 0.2) is 24.7 Å². The molecule has 1 fully saturated rings. The Hall–Kier alpha value is -2.24. The first-order valence-corrected chi connectivity index (χ1v) is 8.61. The van der Waals surface area contributed by atoms with Gasteiger partial charge in [-0.15, -0.1) is 0 Å². The highest BCUT2D eigenvalue weighted by molar-refractivity contribution is 5.46. The van der Waals surface area contributed by atoms with Gasteiger partial charge in [-0.2, -0.15) is 4.98 Å². The lowest BCUT2D eigenvalue weighted by Gasteiger charge is -2.33. The molecule has 24 heavy (non-hydrogen) atoms. The van der Waals surface area contributed by atoms with Crippen LogP contribution >= 0.6 is 0 Å². The van der Waals surface area contributed by atoms with Crippen LogP contribution in [0.5, 0.6) is 0 Å². The minimum absolute atomic E-state index is 0.393. The molecule has 0 atom stereocenters. The molecule has 2 aromatic heterocycles. The van der Waals surface area contributed by atoms with Crippen molar-refractivity contribution in [1.82, 2.24) is 19.9 Å². The average molecular weight is 326 g/mol. The van der Waals surface area contributed by atoms with E-state index in [1.807, 2.05) is 31.3 Å². The minimum Gasteiger partial charge on any atom is -0.356 e. The summed E-state index contributed by atoms with van der Waals surface area (Å²) in [5, 5.41) is 0. The molecule has 6 nitrogen and oxygen atoms in total. The van der Waals surface area contributed by atoms with Gasteiger partial charge in [-0.3, -0.25) is 0 Å². The van der Waals surface area contributed by atoms with Crippen molar-refractivity contribution >= 4 is 11.8 Å². The lowest BCUT2D eigenvalue weighted by Crippen LogP contribution is -2.34. The number of aromatic nitrogens is 4. The molecule has 128 valence electrons. The van der Waals surface area contributed by atoms with Gasteiger partial charge in [0.15, 0.2) is 0 Å². The predicted molar refractivity (Wildman–Crippen MR) is 96.7 cm³/mol. The second-order valence-corrected chi connectivity index (χ2v) is 6.90. The second kappa shape index (κ2) is 7.11. The zero-order chi connectivity index (χ0) is 17.1. The summed E-state index contributed by atoms with van der Waals surface area (Å²) in [5.41, 5.74) is 2.26. The molecule has 0 amide bonds. The monoisotopic (exact) mass is 326 g/mol. The number of anilines is 2. The molecule has 6 heteroatoms. The van der Waals surface area contributed by atoms with Gasteiger partial charge < -0.3 is 9.80 Å². The predicted octanol–water partition coefficient (Wildman–Crippen LogP) is 2.84. The third kappa shape index (κ3) is 3.63. The molecule has 0 N–H and O–H groups in total. The summed E-state index contributed by atoms with van der Waals surface area (Å²) in [6.45, 7) is 6.34. The van der Waals surface area contributed by atoms with E-state index < -0.39 is 0 Å². The molecule has 0 spiro atoms. The molecule has 3 rings (SSSR count). The first kappa shape index (κ1) is 16.6. The van der Waals surface area contributed by atoms with E-state index in [1.54, 1.807) is 6.33 Å². The van der Waals surface area contributed by atoms with E-state index in [-0.39, 0.29) is 0 Å². The molecule has 0 saturated carbocycles. The number of rotatable bonds is 4. The maximum atomic E-state index is 4.75. The third-order valence-corrected chi connectivity index (χ3v) is 4.55. The van der Waals surface area contributed by atoms with E-state index in [0.29, 0.717) is 11.8 Å². The zero-order valence-corrected chi connectivity index (χ0v) is 15.0. The van der Waals surface area contributed by atoms with Crippen molar-refractivity contribution in [3.63, 3.8) is 0 Å². The maximum Gasteiger partial charge on any atom is 0.227 e. The van der Waals surface area contributed by atoms with Crippen LogP contribution in [-0.2, 0) is 0 Å². The Kier molecular flexibility index (Phi) is 4.92. The van der Waals surface area contributed by atoms with Crippen LogP contribution in [-0.4, -0.2) is 47.1 Å². The average Bonchev–Trinajstić information content (AvgIpc) is 2.62. The van der Waals surface area contributed by atoms with Crippen LogP contribution in [0, 0.1) is 0 Å². The lowest BCUT2D eigenvalue weighted by atomic mass is 9.93. The molecule has 1 saturated heterocycles. The van der Waals surface area contributed by atoms with Crippen molar-refractivity contribution in [2.24, 2.45) is 0 Å². The minimum atomic E-state index is 0.393. The number of nitrogens with zero attached hydrogens (tertiary/aromatic N) is 6. The van der Waals surface area contributed by atoms with Crippen molar-refractivity contribution in [2.45, 2.75) is 38.5 Å². The highest BCUT2D eigenvalue weighted by atomic mass is 15.3. The molecule has 1 aliphatic rings. The molecular weight excluding hydrogens is 300 g/mol. The summed E-state index contributed by atoms with van der Waals surface area (Å²) in [5.74, 6) is 2.74. The van der Waals surface area contributed by atoms with Gasteiger partial charge in [0, 0.05) is 51.1 Å². The van der Waals surface area contributed by atoms with Crippen molar-refractivity contribution < 1.29 is 0 Å². The first-order valence-electron chi connectivity index (χ1n) is 8.61. The Labute approximate surface area is 144 Å². The Balaban J connectivity index is 1.76. The molecule has 0 aliphatic carbocycles. The summed E-state index contributed by atoms with van der Waals surface area (Å²) >= 11 is 0. The van der Waals surface area contributed by atoms with Crippen LogP contribution < -0.4 is 9.80 Å². The molecule has 0 bridgehead atoms. The normalized spacial score (nSPS) is 15.8. The molecule has 0 radical (unpaired) electrons. The van der Waals surface area contributed by atoms with E-state index >= 15 is 0 Å². The number of hydrogen-bond donors (Lipinski definition) is 0. The van der Waals surface area contributed by atoms with E-state index in [0.717, 1.165) is 49.1 Å². The quantitative estimate of drug-likeness (QED) is 0.861. The van der Waals surface area contributed by atoms with Crippen LogP contribution in [0.4, 0.5) is 11.8 Å². The SMILES string of the molecule is CC(C)c1cc(N2CCC(c3ccncn3)CC2)nc(N(C)C)n1. The van der Waals surface area contributed by atoms with E-state index in [1.165, 1.54) is 0 Å². The summed E-state index contributed by atoms with van der Waals surface area (Å²) in [6.07, 6.45) is 5.66. The van der Waals surface area contributed by atoms with Gasteiger partial charge in [0.05, 0.1) is 5.69 Å². The third-order valence-electron chi connectivity index (χ3n) is 4.55. The van der Waals surface area contributed by atoms with Crippen LogP contribution in [0.2, 0.25) is 0 Å².